The van der Waals surface area contributed by atoms with Crippen molar-refractivity contribution in [3.63, 3.8) is 0 Å². The second-order valence-electron chi connectivity index (χ2n) is 5.76. The van der Waals surface area contributed by atoms with E-state index in [1.165, 1.54) is 48.6 Å². The number of aromatic nitrogens is 1. The highest BCUT2D eigenvalue weighted by Gasteiger charge is 2.18. The summed E-state index contributed by atoms with van der Waals surface area (Å²) in [5.74, 6) is -0.724. The van der Waals surface area contributed by atoms with Gasteiger partial charge in [-0.15, -0.1) is 0 Å². The first-order valence-corrected chi connectivity index (χ1v) is 7.56. The van der Waals surface area contributed by atoms with Crippen molar-refractivity contribution in [3.8, 4) is 0 Å². The van der Waals surface area contributed by atoms with Crippen LogP contribution in [-0.4, -0.2) is 15.6 Å². The van der Waals surface area contributed by atoms with Crippen LogP contribution in [0, 0.1) is 0 Å². The number of carboxylic acids is 1. The average molecular weight is 271 g/mol. The first-order valence-electron chi connectivity index (χ1n) is 7.56. The van der Waals surface area contributed by atoms with E-state index in [1.54, 1.807) is 0 Å². The highest BCUT2D eigenvalue weighted by Crippen LogP contribution is 2.33. The van der Waals surface area contributed by atoms with E-state index in [1.807, 2.05) is 6.07 Å². The monoisotopic (exact) mass is 271 g/mol. The topological polar surface area (TPSA) is 42.2 Å². The largest absolute Gasteiger partial charge is 0.481 e. The van der Waals surface area contributed by atoms with Crippen molar-refractivity contribution in [2.24, 2.45) is 0 Å². The third kappa shape index (κ3) is 2.58. The lowest BCUT2D eigenvalue weighted by Crippen LogP contribution is -2.12. The molecule has 1 aliphatic carbocycles. The van der Waals surface area contributed by atoms with Crippen LogP contribution < -0.4 is 0 Å². The molecule has 1 aromatic heterocycles. The molecule has 0 unspecified atom stereocenters. The van der Waals surface area contributed by atoms with Crippen LogP contribution in [-0.2, 0) is 11.2 Å². The third-order valence-electron chi connectivity index (χ3n) is 4.40. The lowest BCUT2D eigenvalue weighted by molar-refractivity contribution is -0.136. The Hall–Kier alpha value is -1.77. The van der Waals surface area contributed by atoms with E-state index >= 15 is 0 Å². The Morgan fingerprint density at radius 1 is 1.20 bits per heavy atom. The summed E-state index contributed by atoms with van der Waals surface area (Å²) < 4.78 is 2.39. The molecule has 1 aromatic carbocycles. The molecule has 2 aromatic rings. The fourth-order valence-corrected chi connectivity index (χ4v) is 3.40. The van der Waals surface area contributed by atoms with Gasteiger partial charge in [0, 0.05) is 18.7 Å². The molecule has 106 valence electrons. The van der Waals surface area contributed by atoms with E-state index in [0.29, 0.717) is 12.5 Å². The molecular weight excluding hydrogens is 250 g/mol. The van der Waals surface area contributed by atoms with Gasteiger partial charge in [0.15, 0.2) is 0 Å². The van der Waals surface area contributed by atoms with Crippen LogP contribution >= 0.6 is 0 Å². The zero-order valence-corrected chi connectivity index (χ0v) is 11.7. The van der Waals surface area contributed by atoms with Crippen LogP contribution in [0.25, 0.3) is 10.9 Å². The van der Waals surface area contributed by atoms with Crippen molar-refractivity contribution < 1.29 is 9.90 Å². The van der Waals surface area contributed by atoms with Crippen molar-refractivity contribution in [3.05, 3.63) is 36.0 Å². The molecule has 0 atom stereocenters. The average Bonchev–Trinajstić information content (AvgIpc) is 2.90. The fraction of sp³-hybridized carbons (Fsp3) is 0.471. The molecule has 0 aliphatic heterocycles. The minimum Gasteiger partial charge on any atom is -0.481 e. The molecule has 3 rings (SSSR count). The number of hydrogen-bond donors (Lipinski definition) is 1. The normalized spacial score (nSPS) is 16.6. The molecule has 3 nitrogen and oxygen atoms in total. The van der Waals surface area contributed by atoms with E-state index in [2.05, 4.69) is 29.0 Å². The van der Waals surface area contributed by atoms with E-state index in [4.69, 9.17) is 5.11 Å². The van der Waals surface area contributed by atoms with Gasteiger partial charge < -0.3 is 9.67 Å². The number of carbonyl (C=O) groups is 1. The van der Waals surface area contributed by atoms with E-state index in [-0.39, 0.29) is 6.42 Å². The first kappa shape index (κ1) is 13.2. The predicted molar refractivity (Wildman–Crippen MR) is 80.0 cm³/mol. The minimum atomic E-state index is -0.724. The number of carboxylic acid groups (broad SMARTS) is 1. The summed E-state index contributed by atoms with van der Waals surface area (Å²) in [6, 6.07) is 8.98. The molecular formula is C17H21NO2. The predicted octanol–water partition coefficient (Wildman–Crippen LogP) is 4.16. The van der Waals surface area contributed by atoms with Crippen molar-refractivity contribution in [2.75, 3.05) is 0 Å². The van der Waals surface area contributed by atoms with Gasteiger partial charge >= 0.3 is 5.97 Å². The number of hydrogen-bond acceptors (Lipinski definition) is 1. The lowest BCUT2D eigenvalue weighted by atomic mass is 9.95. The summed E-state index contributed by atoms with van der Waals surface area (Å²) in [5.41, 5.74) is 2.42. The maximum absolute atomic E-state index is 10.8. The van der Waals surface area contributed by atoms with Crippen LogP contribution in [0.3, 0.4) is 0 Å². The van der Waals surface area contributed by atoms with Gasteiger partial charge in [-0.05, 0) is 36.3 Å². The van der Waals surface area contributed by atoms with E-state index in [9.17, 15) is 4.79 Å². The van der Waals surface area contributed by atoms with Gasteiger partial charge in [0.25, 0.3) is 0 Å². The number of nitrogens with zero attached hydrogens (tertiary/aromatic N) is 1. The molecule has 3 heteroatoms. The summed E-state index contributed by atoms with van der Waals surface area (Å²) in [4.78, 5) is 10.8. The van der Waals surface area contributed by atoms with Crippen molar-refractivity contribution >= 4 is 16.9 Å². The Morgan fingerprint density at radius 2 is 2.00 bits per heavy atom. The Labute approximate surface area is 119 Å². The van der Waals surface area contributed by atoms with Gasteiger partial charge in [-0.2, -0.15) is 0 Å². The molecule has 1 fully saturated rings. The lowest BCUT2D eigenvalue weighted by Gasteiger charge is -2.25. The number of fused-ring (bicyclic) bond motifs is 1. The molecule has 1 aliphatic rings. The zero-order chi connectivity index (χ0) is 13.9. The highest BCUT2D eigenvalue weighted by atomic mass is 16.4. The fourth-order valence-electron chi connectivity index (χ4n) is 3.40. The van der Waals surface area contributed by atoms with Crippen molar-refractivity contribution in [1.82, 2.24) is 4.57 Å². The smallest absolute Gasteiger partial charge is 0.303 e. The summed E-state index contributed by atoms with van der Waals surface area (Å²) in [7, 11) is 0. The van der Waals surface area contributed by atoms with Gasteiger partial charge in [-0.3, -0.25) is 4.79 Å². The molecule has 20 heavy (non-hydrogen) atoms. The molecule has 1 N–H and O–H groups in total. The Kier molecular flexibility index (Phi) is 3.77. The second-order valence-corrected chi connectivity index (χ2v) is 5.76. The minimum absolute atomic E-state index is 0.203. The van der Waals surface area contributed by atoms with Crippen LogP contribution in [0.2, 0.25) is 0 Å². The van der Waals surface area contributed by atoms with Crippen molar-refractivity contribution in [1.29, 1.82) is 0 Å². The van der Waals surface area contributed by atoms with Gasteiger partial charge in [0.1, 0.15) is 0 Å². The Balaban J connectivity index is 1.97. The summed E-state index contributed by atoms with van der Waals surface area (Å²) >= 11 is 0. The van der Waals surface area contributed by atoms with E-state index in [0.717, 1.165) is 0 Å². The third-order valence-corrected chi connectivity index (χ3v) is 4.40. The van der Waals surface area contributed by atoms with Crippen LogP contribution in [0.1, 0.15) is 50.1 Å². The Bertz CT molecular complexity index is 608. The van der Waals surface area contributed by atoms with Gasteiger partial charge in [0.05, 0.1) is 5.52 Å². The summed E-state index contributed by atoms with van der Waals surface area (Å²) in [6.45, 7) is 0. The molecule has 0 amide bonds. The van der Waals surface area contributed by atoms with Gasteiger partial charge in [-0.25, -0.2) is 0 Å². The SMILES string of the molecule is O=C(O)CCc1cccc2ccn(C3CCCCC3)c12. The molecule has 1 saturated carbocycles. The maximum atomic E-state index is 10.8. The van der Waals surface area contributed by atoms with Crippen LogP contribution in [0.4, 0.5) is 0 Å². The quantitative estimate of drug-likeness (QED) is 0.907. The number of benzene rings is 1. The van der Waals surface area contributed by atoms with Crippen LogP contribution in [0.15, 0.2) is 30.5 Å². The molecule has 0 saturated heterocycles. The molecule has 0 radical (unpaired) electrons. The molecule has 0 spiro atoms. The second kappa shape index (κ2) is 5.70. The first-order chi connectivity index (χ1) is 9.75. The van der Waals surface area contributed by atoms with Crippen LogP contribution in [0.5, 0.6) is 0 Å². The van der Waals surface area contributed by atoms with Crippen molar-refractivity contribution in [2.45, 2.75) is 51.0 Å². The molecule has 1 heterocycles. The summed E-state index contributed by atoms with van der Waals surface area (Å²) in [6.07, 6.45) is 9.46. The number of para-hydroxylation sites is 1. The maximum Gasteiger partial charge on any atom is 0.303 e. The van der Waals surface area contributed by atoms with Gasteiger partial charge in [0.2, 0.25) is 0 Å². The summed E-state index contributed by atoms with van der Waals surface area (Å²) in [5, 5.41) is 10.1. The number of aliphatic carboxylic acids is 1. The Morgan fingerprint density at radius 3 is 2.75 bits per heavy atom. The molecule has 0 bridgehead atoms. The number of rotatable bonds is 4. The van der Waals surface area contributed by atoms with E-state index < -0.39 is 5.97 Å². The number of aryl methyl sites for hydroxylation is 1. The standard InChI is InChI=1S/C17H21NO2/c19-16(20)10-9-13-5-4-6-14-11-12-18(17(13)14)15-7-2-1-3-8-15/h4-6,11-12,15H,1-3,7-10H2,(H,19,20). The van der Waals surface area contributed by atoms with Gasteiger partial charge in [-0.1, -0.05) is 37.5 Å². The highest BCUT2D eigenvalue weighted by molar-refractivity contribution is 5.84. The zero-order valence-electron chi connectivity index (χ0n) is 11.7.